The Morgan fingerprint density at radius 2 is 2.00 bits per heavy atom. The van der Waals surface area contributed by atoms with Crippen molar-refractivity contribution < 1.29 is 0 Å². The molecule has 0 amide bonds. The fourth-order valence-electron chi connectivity index (χ4n) is 3.09. The molecule has 4 heteroatoms. The Bertz CT molecular complexity index is 447. The van der Waals surface area contributed by atoms with Crippen LogP contribution in [0.2, 0.25) is 0 Å². The highest BCUT2D eigenvalue weighted by atomic mass is 15.2. The predicted molar refractivity (Wildman–Crippen MR) is 93.2 cm³/mol. The number of pyridine rings is 1. The van der Waals surface area contributed by atoms with Gasteiger partial charge in [0.25, 0.3) is 0 Å². The van der Waals surface area contributed by atoms with Crippen LogP contribution in [0.3, 0.4) is 0 Å². The van der Waals surface area contributed by atoms with E-state index in [2.05, 4.69) is 32.7 Å². The Kier molecular flexibility index (Phi) is 7.20. The van der Waals surface area contributed by atoms with E-state index in [1.807, 2.05) is 20.2 Å². The number of guanidine groups is 1. The van der Waals surface area contributed by atoms with Gasteiger partial charge < -0.3 is 10.6 Å². The Balaban J connectivity index is 1.57. The average Bonchev–Trinajstić information content (AvgIpc) is 3.05. The van der Waals surface area contributed by atoms with Crippen molar-refractivity contribution in [1.82, 2.24) is 15.6 Å². The molecule has 0 aliphatic heterocycles. The lowest BCUT2D eigenvalue weighted by Gasteiger charge is -2.13. The number of aryl methyl sites for hydroxylation is 1. The third kappa shape index (κ3) is 6.04. The van der Waals surface area contributed by atoms with E-state index < -0.39 is 0 Å². The van der Waals surface area contributed by atoms with Crippen molar-refractivity contribution in [3.05, 3.63) is 29.6 Å². The standard InChI is InChI=1S/C18H30N4/c1-15-9-10-17(14-22-15)11-13-21-18(19-2)20-12-5-8-16-6-3-4-7-16/h9-10,14,16H,3-8,11-13H2,1-2H3,(H2,19,20,21). The van der Waals surface area contributed by atoms with Crippen molar-refractivity contribution in [2.45, 2.75) is 51.9 Å². The molecular weight excluding hydrogens is 272 g/mol. The largest absolute Gasteiger partial charge is 0.356 e. The van der Waals surface area contributed by atoms with Gasteiger partial charge in [0, 0.05) is 32.0 Å². The molecule has 1 aliphatic rings. The van der Waals surface area contributed by atoms with Gasteiger partial charge in [0.1, 0.15) is 0 Å². The van der Waals surface area contributed by atoms with Crippen LogP contribution in [0.5, 0.6) is 0 Å². The van der Waals surface area contributed by atoms with E-state index in [1.165, 1.54) is 44.1 Å². The number of hydrogen-bond acceptors (Lipinski definition) is 2. The lowest BCUT2D eigenvalue weighted by molar-refractivity contribution is 0.481. The highest BCUT2D eigenvalue weighted by molar-refractivity contribution is 5.79. The maximum Gasteiger partial charge on any atom is 0.190 e. The minimum absolute atomic E-state index is 0.882. The molecule has 0 spiro atoms. The van der Waals surface area contributed by atoms with E-state index in [-0.39, 0.29) is 0 Å². The third-order valence-corrected chi connectivity index (χ3v) is 4.46. The first-order chi connectivity index (χ1) is 10.8. The second-order valence-corrected chi connectivity index (χ2v) is 6.28. The van der Waals surface area contributed by atoms with Crippen molar-refractivity contribution in [3.63, 3.8) is 0 Å². The molecule has 0 bridgehead atoms. The summed E-state index contributed by atoms with van der Waals surface area (Å²) in [4.78, 5) is 8.60. The molecule has 4 nitrogen and oxygen atoms in total. The van der Waals surface area contributed by atoms with Crippen molar-refractivity contribution in [3.8, 4) is 0 Å². The van der Waals surface area contributed by atoms with Crippen LogP contribution >= 0.6 is 0 Å². The number of hydrogen-bond donors (Lipinski definition) is 2. The topological polar surface area (TPSA) is 49.3 Å². The zero-order valence-corrected chi connectivity index (χ0v) is 14.1. The van der Waals surface area contributed by atoms with Crippen molar-refractivity contribution >= 4 is 5.96 Å². The first kappa shape index (κ1) is 16.8. The van der Waals surface area contributed by atoms with Gasteiger partial charge in [-0.1, -0.05) is 31.7 Å². The fourth-order valence-corrected chi connectivity index (χ4v) is 3.09. The summed E-state index contributed by atoms with van der Waals surface area (Å²) in [6, 6.07) is 4.20. The molecule has 0 aromatic carbocycles. The first-order valence-electron chi connectivity index (χ1n) is 8.64. The van der Waals surface area contributed by atoms with Crippen molar-refractivity contribution in [1.29, 1.82) is 0 Å². The Morgan fingerprint density at radius 3 is 2.68 bits per heavy atom. The molecule has 0 atom stereocenters. The molecule has 2 rings (SSSR count). The van der Waals surface area contributed by atoms with Gasteiger partial charge >= 0.3 is 0 Å². The highest BCUT2D eigenvalue weighted by Gasteiger charge is 2.13. The number of aliphatic imine (C=N–C) groups is 1. The summed E-state index contributed by atoms with van der Waals surface area (Å²) in [5.41, 5.74) is 2.33. The lowest BCUT2D eigenvalue weighted by atomic mass is 10.0. The average molecular weight is 302 g/mol. The molecule has 0 saturated heterocycles. The molecule has 0 radical (unpaired) electrons. The Hall–Kier alpha value is -1.58. The van der Waals surface area contributed by atoms with Crippen LogP contribution in [-0.2, 0) is 6.42 Å². The van der Waals surface area contributed by atoms with E-state index >= 15 is 0 Å². The molecule has 1 fully saturated rings. The van der Waals surface area contributed by atoms with E-state index in [1.54, 1.807) is 0 Å². The van der Waals surface area contributed by atoms with Crippen LogP contribution in [0.25, 0.3) is 0 Å². The van der Waals surface area contributed by atoms with Crippen LogP contribution in [0.4, 0.5) is 0 Å². The van der Waals surface area contributed by atoms with Gasteiger partial charge in [0.2, 0.25) is 0 Å². The van der Waals surface area contributed by atoms with Gasteiger partial charge in [-0.15, -0.1) is 0 Å². The smallest absolute Gasteiger partial charge is 0.190 e. The van der Waals surface area contributed by atoms with E-state index in [0.717, 1.165) is 37.1 Å². The molecule has 1 heterocycles. The number of nitrogens with one attached hydrogen (secondary N) is 2. The molecule has 1 saturated carbocycles. The van der Waals surface area contributed by atoms with Crippen LogP contribution in [0.1, 0.15) is 49.8 Å². The summed E-state index contributed by atoms with van der Waals surface area (Å²) < 4.78 is 0. The Labute approximate surface area is 134 Å². The second kappa shape index (κ2) is 9.44. The Morgan fingerprint density at radius 1 is 1.23 bits per heavy atom. The summed E-state index contributed by atoms with van der Waals surface area (Å²) in [5, 5.41) is 6.78. The minimum Gasteiger partial charge on any atom is -0.356 e. The SMILES string of the molecule is CN=C(NCCCC1CCCC1)NCCc1ccc(C)nc1. The molecule has 122 valence electrons. The summed E-state index contributed by atoms with van der Waals surface area (Å²) in [6.07, 6.45) is 11.3. The molecule has 22 heavy (non-hydrogen) atoms. The van der Waals surface area contributed by atoms with E-state index in [9.17, 15) is 0 Å². The van der Waals surface area contributed by atoms with Crippen LogP contribution in [0, 0.1) is 12.8 Å². The van der Waals surface area contributed by atoms with Crippen molar-refractivity contribution in [2.24, 2.45) is 10.9 Å². The zero-order chi connectivity index (χ0) is 15.6. The van der Waals surface area contributed by atoms with Crippen LogP contribution in [0.15, 0.2) is 23.3 Å². The first-order valence-corrected chi connectivity index (χ1v) is 8.64. The van der Waals surface area contributed by atoms with Crippen molar-refractivity contribution in [2.75, 3.05) is 20.1 Å². The molecule has 1 aliphatic carbocycles. The predicted octanol–water partition coefficient (Wildman–Crippen LogP) is 3.07. The van der Waals surface area contributed by atoms with Crippen LogP contribution < -0.4 is 10.6 Å². The summed E-state index contributed by atoms with van der Waals surface area (Å²) in [7, 11) is 1.83. The van der Waals surface area contributed by atoms with Gasteiger partial charge in [0.15, 0.2) is 5.96 Å². The minimum atomic E-state index is 0.882. The number of rotatable bonds is 7. The van der Waals surface area contributed by atoms with Crippen LogP contribution in [-0.4, -0.2) is 31.1 Å². The summed E-state index contributed by atoms with van der Waals surface area (Å²) in [6.45, 7) is 3.91. The molecule has 1 aromatic rings. The monoisotopic (exact) mass is 302 g/mol. The van der Waals surface area contributed by atoms with E-state index in [4.69, 9.17) is 0 Å². The molecular formula is C18H30N4. The van der Waals surface area contributed by atoms with Gasteiger partial charge in [0.05, 0.1) is 0 Å². The maximum atomic E-state index is 4.32. The molecule has 1 aromatic heterocycles. The summed E-state index contributed by atoms with van der Waals surface area (Å²) >= 11 is 0. The van der Waals surface area contributed by atoms with Gasteiger partial charge in [-0.2, -0.15) is 0 Å². The van der Waals surface area contributed by atoms with Gasteiger partial charge in [-0.05, 0) is 43.7 Å². The zero-order valence-electron chi connectivity index (χ0n) is 14.1. The maximum absolute atomic E-state index is 4.32. The second-order valence-electron chi connectivity index (χ2n) is 6.28. The highest BCUT2D eigenvalue weighted by Crippen LogP contribution is 2.28. The molecule has 2 N–H and O–H groups in total. The van der Waals surface area contributed by atoms with Gasteiger partial charge in [-0.25, -0.2) is 0 Å². The number of aromatic nitrogens is 1. The number of nitrogens with zero attached hydrogens (tertiary/aromatic N) is 2. The summed E-state index contributed by atoms with van der Waals surface area (Å²) in [5.74, 6) is 1.89. The quantitative estimate of drug-likeness (QED) is 0.462. The fraction of sp³-hybridized carbons (Fsp3) is 0.667. The van der Waals surface area contributed by atoms with Gasteiger partial charge in [-0.3, -0.25) is 9.98 Å². The normalized spacial score (nSPS) is 16.0. The third-order valence-electron chi connectivity index (χ3n) is 4.46. The van der Waals surface area contributed by atoms with E-state index in [0.29, 0.717) is 0 Å². The lowest BCUT2D eigenvalue weighted by Crippen LogP contribution is -2.38. The molecule has 0 unspecified atom stereocenters.